The maximum absolute atomic E-state index is 12.7. The van der Waals surface area contributed by atoms with Crippen LogP contribution in [-0.4, -0.2) is 6.17 Å². The third-order valence-corrected chi connectivity index (χ3v) is 2.30. The molecule has 2 atom stereocenters. The number of alkyl halides is 1. The molecule has 0 aliphatic heterocycles. The number of hydrogen-bond donors (Lipinski definition) is 1. The standard InChI is InChI=1S/C9H9F2N/c10-7-3-1-6(2-4-7)9(12)5-8(9)11/h1-4,8H,5,12H2. The minimum Gasteiger partial charge on any atom is -0.319 e. The highest BCUT2D eigenvalue weighted by molar-refractivity contribution is 5.32. The van der Waals surface area contributed by atoms with Gasteiger partial charge in [-0.15, -0.1) is 0 Å². The van der Waals surface area contributed by atoms with E-state index in [1.165, 1.54) is 24.3 Å². The Bertz CT molecular complexity index is 296. The molecule has 1 aromatic carbocycles. The van der Waals surface area contributed by atoms with Crippen LogP contribution in [0.2, 0.25) is 0 Å². The Morgan fingerprint density at radius 1 is 1.33 bits per heavy atom. The molecule has 0 radical (unpaired) electrons. The topological polar surface area (TPSA) is 26.0 Å². The van der Waals surface area contributed by atoms with Crippen LogP contribution in [0.4, 0.5) is 8.78 Å². The fourth-order valence-corrected chi connectivity index (χ4v) is 1.30. The summed E-state index contributed by atoms with van der Waals surface area (Å²) in [6, 6.07) is 5.67. The molecule has 12 heavy (non-hydrogen) atoms. The summed E-state index contributed by atoms with van der Waals surface area (Å²) < 4.78 is 25.2. The highest BCUT2D eigenvalue weighted by atomic mass is 19.1. The molecular formula is C9H9F2N. The summed E-state index contributed by atoms with van der Waals surface area (Å²) in [4.78, 5) is 0. The van der Waals surface area contributed by atoms with Crippen LogP contribution < -0.4 is 5.73 Å². The van der Waals surface area contributed by atoms with E-state index >= 15 is 0 Å². The van der Waals surface area contributed by atoms with Gasteiger partial charge in [0.25, 0.3) is 0 Å². The van der Waals surface area contributed by atoms with Crippen molar-refractivity contribution >= 4 is 0 Å². The number of halogens is 2. The zero-order valence-corrected chi connectivity index (χ0v) is 6.43. The minimum absolute atomic E-state index is 0.321. The summed E-state index contributed by atoms with van der Waals surface area (Å²) in [6.45, 7) is 0. The summed E-state index contributed by atoms with van der Waals surface area (Å²) in [5, 5.41) is 0. The molecule has 64 valence electrons. The van der Waals surface area contributed by atoms with E-state index in [4.69, 9.17) is 5.73 Å². The zero-order valence-electron chi connectivity index (χ0n) is 6.43. The quantitative estimate of drug-likeness (QED) is 0.680. The van der Waals surface area contributed by atoms with E-state index in [2.05, 4.69) is 0 Å². The van der Waals surface area contributed by atoms with Gasteiger partial charge in [-0.1, -0.05) is 12.1 Å². The molecule has 1 aliphatic rings. The molecule has 2 unspecified atom stereocenters. The lowest BCUT2D eigenvalue weighted by atomic mass is 10.1. The SMILES string of the molecule is NC1(c2ccc(F)cc2)CC1F. The van der Waals surface area contributed by atoms with Crippen molar-refractivity contribution in [2.75, 3.05) is 0 Å². The van der Waals surface area contributed by atoms with Crippen molar-refractivity contribution in [2.45, 2.75) is 18.1 Å². The predicted molar refractivity (Wildman–Crippen MR) is 41.8 cm³/mol. The maximum atomic E-state index is 12.7. The molecule has 0 bridgehead atoms. The van der Waals surface area contributed by atoms with Gasteiger partial charge in [0.1, 0.15) is 12.0 Å². The van der Waals surface area contributed by atoms with Gasteiger partial charge in [-0.25, -0.2) is 8.78 Å². The van der Waals surface area contributed by atoms with Crippen molar-refractivity contribution in [1.82, 2.24) is 0 Å². The highest BCUT2D eigenvalue weighted by Gasteiger charge is 2.53. The Morgan fingerprint density at radius 3 is 2.25 bits per heavy atom. The molecule has 1 fully saturated rings. The molecule has 0 saturated heterocycles. The van der Waals surface area contributed by atoms with Gasteiger partial charge in [0, 0.05) is 6.42 Å². The van der Waals surface area contributed by atoms with E-state index in [-0.39, 0.29) is 5.82 Å². The Kier molecular flexibility index (Phi) is 1.45. The lowest BCUT2D eigenvalue weighted by Crippen LogP contribution is -2.22. The molecule has 2 N–H and O–H groups in total. The second-order valence-corrected chi connectivity index (χ2v) is 3.22. The number of benzene rings is 1. The molecule has 0 amide bonds. The van der Waals surface area contributed by atoms with E-state index in [0.717, 1.165) is 0 Å². The van der Waals surface area contributed by atoms with E-state index in [1.54, 1.807) is 0 Å². The first-order chi connectivity index (χ1) is 5.63. The normalized spacial score (nSPS) is 33.4. The molecule has 1 saturated carbocycles. The fraction of sp³-hybridized carbons (Fsp3) is 0.333. The molecule has 1 nitrogen and oxygen atoms in total. The third-order valence-electron chi connectivity index (χ3n) is 2.30. The van der Waals surface area contributed by atoms with Crippen LogP contribution in [0.25, 0.3) is 0 Å². The molecule has 1 aromatic rings. The van der Waals surface area contributed by atoms with Crippen molar-refractivity contribution < 1.29 is 8.78 Å². The first-order valence-corrected chi connectivity index (χ1v) is 3.82. The van der Waals surface area contributed by atoms with E-state index < -0.39 is 11.7 Å². The van der Waals surface area contributed by atoms with E-state index in [1.807, 2.05) is 0 Å². The smallest absolute Gasteiger partial charge is 0.124 e. The summed E-state index contributed by atoms with van der Waals surface area (Å²) in [5.74, 6) is -0.321. The summed E-state index contributed by atoms with van der Waals surface area (Å²) >= 11 is 0. The van der Waals surface area contributed by atoms with Crippen LogP contribution in [0, 0.1) is 5.82 Å². The van der Waals surface area contributed by atoms with Gasteiger partial charge >= 0.3 is 0 Å². The predicted octanol–water partition coefficient (Wildman–Crippen LogP) is 1.72. The second kappa shape index (κ2) is 2.26. The maximum Gasteiger partial charge on any atom is 0.124 e. The summed E-state index contributed by atoms with van der Waals surface area (Å²) in [6.07, 6.45) is -0.624. The monoisotopic (exact) mass is 169 g/mol. The number of nitrogens with two attached hydrogens (primary N) is 1. The molecule has 1 aliphatic carbocycles. The number of hydrogen-bond acceptors (Lipinski definition) is 1. The number of rotatable bonds is 1. The fourth-order valence-electron chi connectivity index (χ4n) is 1.30. The van der Waals surface area contributed by atoms with Crippen molar-refractivity contribution in [2.24, 2.45) is 5.73 Å². The molecule has 0 aromatic heterocycles. The van der Waals surface area contributed by atoms with Gasteiger partial charge in [0.15, 0.2) is 0 Å². The van der Waals surface area contributed by atoms with Gasteiger partial charge in [0.2, 0.25) is 0 Å². The summed E-state index contributed by atoms with van der Waals surface area (Å²) in [5.41, 5.74) is 5.50. The van der Waals surface area contributed by atoms with Crippen LogP contribution in [0.15, 0.2) is 24.3 Å². The Labute approximate surface area is 69.2 Å². The molecule has 2 rings (SSSR count). The van der Waals surface area contributed by atoms with Crippen LogP contribution in [0.5, 0.6) is 0 Å². The van der Waals surface area contributed by atoms with Crippen LogP contribution in [0.3, 0.4) is 0 Å². The average molecular weight is 169 g/mol. The van der Waals surface area contributed by atoms with Crippen molar-refractivity contribution in [1.29, 1.82) is 0 Å². The second-order valence-electron chi connectivity index (χ2n) is 3.22. The third kappa shape index (κ3) is 1.01. The van der Waals surface area contributed by atoms with Gasteiger partial charge < -0.3 is 5.73 Å². The van der Waals surface area contributed by atoms with E-state index in [9.17, 15) is 8.78 Å². The van der Waals surface area contributed by atoms with E-state index in [0.29, 0.717) is 12.0 Å². The Balaban J connectivity index is 2.31. The zero-order chi connectivity index (χ0) is 8.77. The molecule has 0 spiro atoms. The Hall–Kier alpha value is -0.960. The van der Waals surface area contributed by atoms with Crippen molar-refractivity contribution in [3.8, 4) is 0 Å². The van der Waals surface area contributed by atoms with Crippen molar-refractivity contribution in [3.63, 3.8) is 0 Å². The van der Waals surface area contributed by atoms with Crippen LogP contribution >= 0.6 is 0 Å². The summed E-state index contributed by atoms with van der Waals surface area (Å²) in [7, 11) is 0. The molecule has 3 heteroatoms. The van der Waals surface area contributed by atoms with Gasteiger partial charge in [-0.2, -0.15) is 0 Å². The molecule has 0 heterocycles. The highest BCUT2D eigenvalue weighted by Crippen LogP contribution is 2.45. The first-order valence-electron chi connectivity index (χ1n) is 3.82. The van der Waals surface area contributed by atoms with Gasteiger partial charge in [0.05, 0.1) is 5.54 Å². The van der Waals surface area contributed by atoms with Crippen LogP contribution in [-0.2, 0) is 5.54 Å². The lowest BCUT2D eigenvalue weighted by molar-refractivity contribution is 0.424. The van der Waals surface area contributed by atoms with Crippen LogP contribution in [0.1, 0.15) is 12.0 Å². The minimum atomic E-state index is -0.969. The largest absolute Gasteiger partial charge is 0.319 e. The Morgan fingerprint density at radius 2 is 1.83 bits per heavy atom. The van der Waals surface area contributed by atoms with Gasteiger partial charge in [-0.05, 0) is 17.7 Å². The average Bonchev–Trinajstić information content (AvgIpc) is 2.62. The first kappa shape index (κ1) is 7.68. The van der Waals surface area contributed by atoms with Crippen molar-refractivity contribution in [3.05, 3.63) is 35.6 Å². The molecular weight excluding hydrogens is 160 g/mol. The lowest BCUT2D eigenvalue weighted by Gasteiger charge is -2.07. The van der Waals surface area contributed by atoms with Gasteiger partial charge in [-0.3, -0.25) is 0 Å².